The average molecular weight is 345 g/mol. The zero-order valence-electron chi connectivity index (χ0n) is 14.1. The Morgan fingerprint density at radius 3 is 2.32 bits per heavy atom. The van der Waals surface area contributed by atoms with Gasteiger partial charge in [0.1, 0.15) is 24.5 Å². The summed E-state index contributed by atoms with van der Waals surface area (Å²) in [6.45, 7) is 5.69. The molecule has 0 saturated carbocycles. The first-order valence-corrected chi connectivity index (χ1v) is 9.55. The minimum atomic E-state index is -1.11. The van der Waals surface area contributed by atoms with E-state index in [1.165, 1.54) is 25.7 Å². The van der Waals surface area contributed by atoms with E-state index in [9.17, 15) is 15.5 Å². The monoisotopic (exact) mass is 344 g/mol. The Bertz CT molecular complexity index is 386. The van der Waals surface area contributed by atoms with E-state index in [2.05, 4.69) is 25.6 Å². The maximum Gasteiger partial charge on any atom is 0.139 e. The molecule has 2 N–H and O–H groups in total. The summed E-state index contributed by atoms with van der Waals surface area (Å²) >= 11 is 4.47. The SMILES string of the molecule is CCCCCCCCC(S)(C#N)[Si]=C(O)C(C)(CO)OCC. The van der Waals surface area contributed by atoms with Crippen molar-refractivity contribution in [1.29, 1.82) is 5.26 Å². The van der Waals surface area contributed by atoms with Crippen LogP contribution < -0.4 is 0 Å². The molecule has 2 unspecified atom stereocenters. The molecule has 2 atom stereocenters. The second kappa shape index (κ2) is 11.2. The van der Waals surface area contributed by atoms with Gasteiger partial charge in [-0.2, -0.15) is 17.9 Å². The van der Waals surface area contributed by atoms with Gasteiger partial charge < -0.3 is 14.9 Å². The van der Waals surface area contributed by atoms with Gasteiger partial charge in [0.05, 0.1) is 12.7 Å². The van der Waals surface area contributed by atoms with Gasteiger partial charge in [0, 0.05) is 6.61 Å². The molecule has 0 aliphatic heterocycles. The Morgan fingerprint density at radius 2 is 1.82 bits per heavy atom. The predicted molar refractivity (Wildman–Crippen MR) is 95.1 cm³/mol. The van der Waals surface area contributed by atoms with E-state index >= 15 is 0 Å². The molecule has 1 radical (unpaired) electrons. The van der Waals surface area contributed by atoms with Crippen LogP contribution in [0.4, 0.5) is 0 Å². The maximum atomic E-state index is 10.3. The van der Waals surface area contributed by atoms with Crippen LogP contribution in [0.1, 0.15) is 65.7 Å². The van der Waals surface area contributed by atoms with Gasteiger partial charge in [-0.3, -0.25) is 0 Å². The highest BCUT2D eigenvalue weighted by Crippen LogP contribution is 2.21. The largest absolute Gasteiger partial charge is 0.515 e. The van der Waals surface area contributed by atoms with Crippen molar-refractivity contribution < 1.29 is 14.9 Å². The fourth-order valence-electron chi connectivity index (χ4n) is 2.14. The number of aliphatic hydroxyl groups is 2. The molecule has 0 heterocycles. The summed E-state index contributed by atoms with van der Waals surface area (Å²) in [6.07, 6.45) is 7.52. The fourth-order valence-corrected chi connectivity index (χ4v) is 3.78. The highest BCUT2D eigenvalue weighted by molar-refractivity contribution is 7.83. The Balaban J connectivity index is 4.64. The average Bonchev–Trinajstić information content (AvgIpc) is 2.50. The van der Waals surface area contributed by atoms with Crippen molar-refractivity contribution in [3.63, 3.8) is 0 Å². The molecule has 0 amide bonds. The number of nitriles is 1. The number of ether oxygens (including phenoxy) is 1. The number of hydrogen-bond acceptors (Lipinski definition) is 5. The Morgan fingerprint density at radius 1 is 1.23 bits per heavy atom. The Labute approximate surface area is 142 Å². The van der Waals surface area contributed by atoms with E-state index in [4.69, 9.17) is 4.74 Å². The van der Waals surface area contributed by atoms with E-state index in [0.29, 0.717) is 13.0 Å². The molecule has 0 aromatic heterocycles. The van der Waals surface area contributed by atoms with Crippen molar-refractivity contribution in [2.75, 3.05) is 13.2 Å². The lowest BCUT2D eigenvalue weighted by molar-refractivity contribution is -0.0199. The molecule has 22 heavy (non-hydrogen) atoms. The first-order chi connectivity index (χ1) is 10.4. The third-order valence-electron chi connectivity index (χ3n) is 3.67. The molecule has 0 saturated heterocycles. The molecule has 0 aromatic rings. The smallest absolute Gasteiger partial charge is 0.139 e. The summed E-state index contributed by atoms with van der Waals surface area (Å²) in [6, 6.07) is 2.21. The van der Waals surface area contributed by atoms with Crippen LogP contribution in [-0.2, 0) is 4.74 Å². The van der Waals surface area contributed by atoms with E-state index < -0.39 is 9.97 Å². The van der Waals surface area contributed by atoms with Gasteiger partial charge >= 0.3 is 0 Å². The van der Waals surface area contributed by atoms with Crippen LogP contribution in [0.3, 0.4) is 0 Å². The molecule has 0 aliphatic carbocycles. The normalized spacial score (nSPS) is 17.5. The lowest BCUT2D eigenvalue weighted by Gasteiger charge is -2.28. The van der Waals surface area contributed by atoms with Gasteiger partial charge in [-0.1, -0.05) is 45.4 Å². The molecular formula is C16H30NO3SSi. The molecule has 0 fully saturated rings. The van der Waals surface area contributed by atoms with Crippen molar-refractivity contribution in [3.8, 4) is 6.07 Å². The van der Waals surface area contributed by atoms with Crippen LogP contribution in [0.25, 0.3) is 0 Å². The van der Waals surface area contributed by atoms with Crippen LogP contribution in [0.5, 0.6) is 0 Å². The Kier molecular flexibility index (Phi) is 11.0. The highest BCUT2D eigenvalue weighted by Gasteiger charge is 2.33. The number of nitrogens with zero attached hydrogens (tertiary/aromatic N) is 1. The summed E-state index contributed by atoms with van der Waals surface area (Å²) in [5, 5.41) is 29.1. The maximum absolute atomic E-state index is 10.3. The number of thiol groups is 1. The zero-order valence-corrected chi connectivity index (χ0v) is 16.0. The van der Waals surface area contributed by atoms with Gasteiger partial charge in [-0.25, -0.2) is 0 Å². The highest BCUT2D eigenvalue weighted by atomic mass is 32.1. The Hall–Kier alpha value is -0.353. The van der Waals surface area contributed by atoms with Gasteiger partial charge in [-0.15, -0.1) is 0 Å². The standard InChI is InChI=1S/C16H30NO3SSi/c1-4-6-7-8-9-10-11-16(21,12-17)22-14(19)15(3,13-18)20-5-2/h18-19,21H,4-11,13H2,1-3H3. The van der Waals surface area contributed by atoms with Crippen molar-refractivity contribution in [3.05, 3.63) is 0 Å². The van der Waals surface area contributed by atoms with Crippen LogP contribution in [0, 0.1) is 11.3 Å². The van der Waals surface area contributed by atoms with Crippen LogP contribution >= 0.6 is 12.6 Å². The number of aliphatic hydroxyl groups excluding tert-OH is 2. The molecule has 0 rings (SSSR count). The predicted octanol–water partition coefficient (Wildman–Crippen LogP) is 2.88. The second-order valence-electron chi connectivity index (χ2n) is 5.79. The number of rotatable bonds is 12. The molecule has 0 spiro atoms. The second-order valence-corrected chi connectivity index (χ2v) is 8.55. The third-order valence-corrected chi connectivity index (χ3v) is 5.87. The lowest BCUT2D eigenvalue weighted by Crippen LogP contribution is -2.46. The van der Waals surface area contributed by atoms with Crippen molar-refractivity contribution in [1.82, 2.24) is 0 Å². The van der Waals surface area contributed by atoms with E-state index in [0.717, 1.165) is 12.8 Å². The van der Waals surface area contributed by atoms with Crippen LogP contribution in [-0.4, -0.2) is 47.9 Å². The summed E-state index contributed by atoms with van der Waals surface area (Å²) in [7, 11) is -0.179. The third kappa shape index (κ3) is 7.77. The summed E-state index contributed by atoms with van der Waals surface area (Å²) in [5.41, 5.74) is -1.11. The molecule has 6 heteroatoms. The van der Waals surface area contributed by atoms with Crippen molar-refractivity contribution in [2.24, 2.45) is 0 Å². The van der Waals surface area contributed by atoms with Crippen LogP contribution in [0.2, 0.25) is 0 Å². The molecule has 4 nitrogen and oxygen atoms in total. The number of unbranched alkanes of at least 4 members (excludes halogenated alkanes) is 5. The molecular weight excluding hydrogens is 314 g/mol. The summed E-state index contributed by atoms with van der Waals surface area (Å²) in [5.74, 6) is 0. The van der Waals surface area contributed by atoms with E-state index in [1.54, 1.807) is 13.8 Å². The van der Waals surface area contributed by atoms with Gasteiger partial charge in [0.25, 0.3) is 0 Å². The number of hydrogen-bond donors (Lipinski definition) is 3. The van der Waals surface area contributed by atoms with Crippen molar-refractivity contribution in [2.45, 2.75) is 75.7 Å². The summed E-state index contributed by atoms with van der Waals surface area (Å²) in [4.78, 5) is 0. The van der Waals surface area contributed by atoms with E-state index in [1.807, 2.05) is 0 Å². The first kappa shape index (κ1) is 21.6. The van der Waals surface area contributed by atoms with Crippen molar-refractivity contribution >= 4 is 27.1 Å². The fraction of sp³-hybridized carbons (Fsp3) is 0.875. The first-order valence-electron chi connectivity index (χ1n) is 8.10. The molecule has 0 bridgehead atoms. The minimum Gasteiger partial charge on any atom is -0.515 e. The van der Waals surface area contributed by atoms with Gasteiger partial charge in [0.2, 0.25) is 0 Å². The zero-order chi connectivity index (χ0) is 17.1. The topological polar surface area (TPSA) is 73.5 Å². The molecule has 0 aliphatic rings. The van der Waals surface area contributed by atoms with Crippen LogP contribution in [0.15, 0.2) is 0 Å². The minimum absolute atomic E-state index is 0.0133. The van der Waals surface area contributed by atoms with E-state index in [-0.39, 0.29) is 21.1 Å². The summed E-state index contributed by atoms with van der Waals surface area (Å²) < 4.78 is 4.54. The molecule has 127 valence electrons. The quantitative estimate of drug-likeness (QED) is 0.289. The molecule has 0 aromatic carbocycles. The lowest BCUT2D eigenvalue weighted by atomic mass is 10.1. The van der Waals surface area contributed by atoms with Gasteiger partial charge in [0.15, 0.2) is 0 Å². The van der Waals surface area contributed by atoms with Gasteiger partial charge in [-0.05, 0) is 20.3 Å².